The van der Waals surface area contributed by atoms with Crippen LogP contribution in [0.1, 0.15) is 79.9 Å². The summed E-state index contributed by atoms with van der Waals surface area (Å²) in [7, 11) is 0. The van der Waals surface area contributed by atoms with Crippen LogP contribution in [-0.2, 0) is 6.42 Å². The van der Waals surface area contributed by atoms with Gasteiger partial charge in [0.25, 0.3) is 0 Å². The van der Waals surface area contributed by atoms with E-state index in [2.05, 4.69) is 28.8 Å². The lowest BCUT2D eigenvalue weighted by Gasteiger charge is -2.26. The van der Waals surface area contributed by atoms with Crippen molar-refractivity contribution < 1.29 is 10.2 Å². The average molecular weight is 385 g/mol. The summed E-state index contributed by atoms with van der Waals surface area (Å²) < 4.78 is 0. The second kappa shape index (κ2) is 8.06. The molecule has 7 atom stereocenters. The summed E-state index contributed by atoms with van der Waals surface area (Å²) in [4.78, 5) is 0. The summed E-state index contributed by atoms with van der Waals surface area (Å²) in [6, 6.07) is 7.64. The number of nitrogens with one attached hydrogen (secondary N) is 2. The van der Waals surface area contributed by atoms with Crippen molar-refractivity contribution >= 4 is 0 Å². The Kier molecular flexibility index (Phi) is 5.48. The molecule has 5 rings (SSSR count). The number of hydrogen-bond donors (Lipinski definition) is 4. The zero-order valence-corrected chi connectivity index (χ0v) is 16.9. The molecule has 2 aliphatic carbocycles. The molecule has 4 aliphatic rings. The van der Waals surface area contributed by atoms with Crippen LogP contribution in [-0.4, -0.2) is 47.6 Å². The molecule has 2 aliphatic heterocycles. The van der Waals surface area contributed by atoms with E-state index >= 15 is 0 Å². The number of fused-ring (bicyclic) bond motifs is 1. The minimum atomic E-state index is -0.259. The van der Waals surface area contributed by atoms with Crippen molar-refractivity contribution in [1.29, 1.82) is 0 Å². The standard InChI is InChI=1S/C24H36N2O2/c27-23(21-3-1-11-25-21)18-8-7-16(13-18)17-6-5-15-9-10-19(20(15)14-17)24(28)22-4-2-12-26-22/h5-6,14,16,18-19,21-28H,1-4,7-13H2/t16?,18?,19?,21-,22-,23+,24?/m0/s1. The van der Waals surface area contributed by atoms with Crippen molar-refractivity contribution in [2.75, 3.05) is 13.1 Å². The van der Waals surface area contributed by atoms with Gasteiger partial charge in [-0.3, -0.25) is 0 Å². The monoisotopic (exact) mass is 384 g/mol. The van der Waals surface area contributed by atoms with Gasteiger partial charge in [-0.25, -0.2) is 0 Å². The average Bonchev–Trinajstić information content (AvgIpc) is 3.52. The van der Waals surface area contributed by atoms with Crippen LogP contribution >= 0.6 is 0 Å². The summed E-state index contributed by atoms with van der Waals surface area (Å²) >= 11 is 0. The quantitative estimate of drug-likeness (QED) is 0.630. The second-order valence-corrected chi connectivity index (χ2v) is 9.76. The molecule has 4 heteroatoms. The highest BCUT2D eigenvalue weighted by atomic mass is 16.3. The first-order valence-corrected chi connectivity index (χ1v) is 11.7. The van der Waals surface area contributed by atoms with E-state index in [1.54, 1.807) is 0 Å². The molecule has 3 fully saturated rings. The minimum absolute atomic E-state index is 0.190. The van der Waals surface area contributed by atoms with E-state index in [1.807, 2.05) is 0 Å². The Hall–Kier alpha value is -0.940. The molecule has 0 spiro atoms. The molecule has 0 aromatic heterocycles. The van der Waals surface area contributed by atoms with E-state index in [1.165, 1.54) is 36.0 Å². The minimum Gasteiger partial charge on any atom is -0.391 e. The van der Waals surface area contributed by atoms with E-state index in [0.717, 1.165) is 51.6 Å². The van der Waals surface area contributed by atoms with Crippen molar-refractivity contribution in [3.63, 3.8) is 0 Å². The van der Waals surface area contributed by atoms with Gasteiger partial charge >= 0.3 is 0 Å². The van der Waals surface area contributed by atoms with E-state index in [4.69, 9.17) is 0 Å². The van der Waals surface area contributed by atoms with Crippen LogP contribution in [0.2, 0.25) is 0 Å². The summed E-state index contributed by atoms with van der Waals surface area (Å²) in [6.07, 6.45) is 9.77. The van der Waals surface area contributed by atoms with Gasteiger partial charge in [-0.15, -0.1) is 0 Å². The lowest BCUT2D eigenvalue weighted by atomic mass is 9.86. The Morgan fingerprint density at radius 3 is 2.32 bits per heavy atom. The summed E-state index contributed by atoms with van der Waals surface area (Å²) in [5.41, 5.74) is 4.28. The molecule has 2 saturated heterocycles. The van der Waals surface area contributed by atoms with Crippen LogP contribution in [0.25, 0.3) is 0 Å². The largest absolute Gasteiger partial charge is 0.391 e. The maximum Gasteiger partial charge on any atom is 0.0761 e. The first-order chi connectivity index (χ1) is 13.7. The molecule has 0 bridgehead atoms. The first kappa shape index (κ1) is 19.0. The SMILES string of the molecule is OC(C1CCc2ccc(C3CCC([C@@H](O)[C@@H]4CCCN4)C3)cc21)[C@@H]1CCCN1. The fourth-order valence-electron chi connectivity index (χ4n) is 6.51. The van der Waals surface area contributed by atoms with Crippen LogP contribution < -0.4 is 10.6 Å². The molecular formula is C24H36N2O2. The number of benzene rings is 1. The smallest absolute Gasteiger partial charge is 0.0761 e. The Balaban J connectivity index is 1.29. The summed E-state index contributed by atoms with van der Waals surface area (Å²) in [6.45, 7) is 2.10. The normalized spacial score (nSPS) is 37.3. The topological polar surface area (TPSA) is 64.5 Å². The third-order valence-corrected chi connectivity index (χ3v) is 8.16. The van der Waals surface area contributed by atoms with Crippen LogP contribution in [0.15, 0.2) is 18.2 Å². The Labute approximate surface area is 169 Å². The van der Waals surface area contributed by atoms with Crippen molar-refractivity contribution in [3.8, 4) is 0 Å². The van der Waals surface area contributed by atoms with Gasteiger partial charge in [0.05, 0.1) is 12.2 Å². The Morgan fingerprint density at radius 2 is 1.61 bits per heavy atom. The van der Waals surface area contributed by atoms with Gasteiger partial charge < -0.3 is 20.8 Å². The van der Waals surface area contributed by atoms with Gasteiger partial charge in [-0.2, -0.15) is 0 Å². The number of aryl methyl sites for hydroxylation is 1. The van der Waals surface area contributed by atoms with Crippen molar-refractivity contribution in [2.24, 2.45) is 5.92 Å². The zero-order chi connectivity index (χ0) is 19.1. The molecular weight excluding hydrogens is 348 g/mol. The third kappa shape index (κ3) is 3.54. The lowest BCUT2D eigenvalue weighted by molar-refractivity contribution is 0.0770. The highest BCUT2D eigenvalue weighted by molar-refractivity contribution is 5.41. The Morgan fingerprint density at radius 1 is 0.857 bits per heavy atom. The van der Waals surface area contributed by atoms with E-state index in [0.29, 0.717) is 17.9 Å². The molecule has 1 saturated carbocycles. The third-order valence-electron chi connectivity index (χ3n) is 8.16. The summed E-state index contributed by atoms with van der Waals surface area (Å²) in [5, 5.41) is 28.8. The van der Waals surface area contributed by atoms with Crippen LogP contribution in [0.3, 0.4) is 0 Å². The molecule has 2 heterocycles. The van der Waals surface area contributed by atoms with Crippen LogP contribution in [0, 0.1) is 5.92 Å². The second-order valence-electron chi connectivity index (χ2n) is 9.76. The Bertz CT molecular complexity index is 681. The molecule has 4 unspecified atom stereocenters. The molecule has 0 amide bonds. The van der Waals surface area contributed by atoms with Gasteiger partial charge in [0.15, 0.2) is 0 Å². The lowest BCUT2D eigenvalue weighted by Crippen LogP contribution is -2.39. The molecule has 1 aromatic rings. The highest BCUT2D eigenvalue weighted by Gasteiger charge is 2.38. The predicted octanol–water partition coefficient (Wildman–Crippen LogP) is 2.83. The molecule has 154 valence electrons. The molecule has 4 nitrogen and oxygen atoms in total. The van der Waals surface area contributed by atoms with Crippen LogP contribution in [0.4, 0.5) is 0 Å². The number of rotatable bonds is 5. The highest BCUT2D eigenvalue weighted by Crippen LogP contribution is 2.44. The summed E-state index contributed by atoms with van der Waals surface area (Å²) in [5.74, 6) is 1.28. The number of aliphatic hydroxyl groups is 2. The fourth-order valence-corrected chi connectivity index (χ4v) is 6.51. The van der Waals surface area contributed by atoms with Gasteiger partial charge in [0, 0.05) is 18.0 Å². The molecule has 4 N–H and O–H groups in total. The first-order valence-electron chi connectivity index (χ1n) is 11.7. The van der Waals surface area contributed by atoms with Crippen molar-refractivity contribution in [1.82, 2.24) is 10.6 Å². The van der Waals surface area contributed by atoms with Gasteiger partial charge in [-0.05, 0) is 99.4 Å². The van der Waals surface area contributed by atoms with Gasteiger partial charge in [-0.1, -0.05) is 18.2 Å². The molecule has 0 radical (unpaired) electrons. The van der Waals surface area contributed by atoms with E-state index in [-0.39, 0.29) is 24.2 Å². The van der Waals surface area contributed by atoms with E-state index in [9.17, 15) is 10.2 Å². The number of hydrogen-bond acceptors (Lipinski definition) is 4. The molecule has 1 aromatic carbocycles. The molecule has 28 heavy (non-hydrogen) atoms. The predicted molar refractivity (Wildman–Crippen MR) is 112 cm³/mol. The van der Waals surface area contributed by atoms with Gasteiger partial charge in [0.1, 0.15) is 0 Å². The number of aliphatic hydroxyl groups excluding tert-OH is 2. The maximum absolute atomic E-state index is 11.0. The maximum atomic E-state index is 11.0. The van der Waals surface area contributed by atoms with Crippen molar-refractivity contribution in [2.45, 2.75) is 93.9 Å². The van der Waals surface area contributed by atoms with Crippen LogP contribution in [0.5, 0.6) is 0 Å². The zero-order valence-electron chi connectivity index (χ0n) is 16.9. The van der Waals surface area contributed by atoms with E-state index < -0.39 is 0 Å². The van der Waals surface area contributed by atoms with Gasteiger partial charge in [0.2, 0.25) is 0 Å². The fraction of sp³-hybridized carbons (Fsp3) is 0.750. The van der Waals surface area contributed by atoms with Crippen molar-refractivity contribution in [3.05, 3.63) is 34.9 Å².